The van der Waals surface area contributed by atoms with Crippen LogP contribution in [-0.4, -0.2) is 23.9 Å². The molecule has 0 aromatic heterocycles. The minimum atomic E-state index is -0.203. The first kappa shape index (κ1) is 9.59. The SMILES string of the molecule is CC(C)CN1CC(C#N)=C(N)C1=O. The van der Waals surface area contributed by atoms with Gasteiger partial charge in [0.25, 0.3) is 5.91 Å². The van der Waals surface area contributed by atoms with E-state index in [2.05, 4.69) is 0 Å². The zero-order chi connectivity index (χ0) is 10.0. The highest BCUT2D eigenvalue weighted by molar-refractivity contribution is 5.97. The Bertz CT molecular complexity index is 298. The molecule has 1 amide bonds. The molecule has 4 heteroatoms. The summed E-state index contributed by atoms with van der Waals surface area (Å²) in [7, 11) is 0. The molecule has 4 nitrogen and oxygen atoms in total. The molecule has 0 saturated heterocycles. The summed E-state index contributed by atoms with van der Waals surface area (Å²) in [5.74, 6) is 0.194. The fraction of sp³-hybridized carbons (Fsp3) is 0.556. The van der Waals surface area contributed by atoms with Gasteiger partial charge in [0.1, 0.15) is 5.70 Å². The van der Waals surface area contributed by atoms with Crippen molar-refractivity contribution in [3.05, 3.63) is 11.3 Å². The molecule has 1 heterocycles. The van der Waals surface area contributed by atoms with Crippen molar-refractivity contribution in [3.8, 4) is 6.07 Å². The van der Waals surface area contributed by atoms with Crippen LogP contribution in [0.4, 0.5) is 0 Å². The van der Waals surface area contributed by atoms with Crippen molar-refractivity contribution in [1.29, 1.82) is 5.26 Å². The molecule has 0 atom stereocenters. The number of amides is 1. The predicted molar refractivity (Wildman–Crippen MR) is 48.2 cm³/mol. The monoisotopic (exact) mass is 179 g/mol. The average molecular weight is 179 g/mol. The number of nitrogens with two attached hydrogens (primary N) is 1. The number of nitrogens with zero attached hydrogens (tertiary/aromatic N) is 2. The van der Waals surface area contributed by atoms with E-state index in [0.29, 0.717) is 24.6 Å². The summed E-state index contributed by atoms with van der Waals surface area (Å²) in [6.45, 7) is 5.08. The van der Waals surface area contributed by atoms with Crippen molar-refractivity contribution in [3.63, 3.8) is 0 Å². The fourth-order valence-corrected chi connectivity index (χ4v) is 1.33. The maximum atomic E-state index is 11.4. The van der Waals surface area contributed by atoms with Crippen molar-refractivity contribution in [2.75, 3.05) is 13.1 Å². The third-order valence-electron chi connectivity index (χ3n) is 1.91. The Balaban J connectivity index is 2.72. The molecule has 0 fully saturated rings. The van der Waals surface area contributed by atoms with Gasteiger partial charge in [-0.1, -0.05) is 13.8 Å². The Morgan fingerprint density at radius 2 is 2.31 bits per heavy atom. The molecule has 13 heavy (non-hydrogen) atoms. The van der Waals surface area contributed by atoms with Gasteiger partial charge in [0.05, 0.1) is 18.2 Å². The van der Waals surface area contributed by atoms with Crippen LogP contribution in [0, 0.1) is 17.2 Å². The van der Waals surface area contributed by atoms with Crippen molar-refractivity contribution in [2.45, 2.75) is 13.8 Å². The van der Waals surface area contributed by atoms with E-state index in [-0.39, 0.29) is 11.6 Å². The van der Waals surface area contributed by atoms with E-state index in [9.17, 15) is 4.79 Å². The predicted octanol–water partition coefficient (Wildman–Crippen LogP) is 0.221. The number of hydrogen-bond donors (Lipinski definition) is 1. The molecule has 0 aromatic rings. The Kier molecular flexibility index (Phi) is 2.57. The summed E-state index contributed by atoms with van der Waals surface area (Å²) in [5, 5.41) is 8.64. The summed E-state index contributed by atoms with van der Waals surface area (Å²) >= 11 is 0. The van der Waals surface area contributed by atoms with Crippen LogP contribution in [0.2, 0.25) is 0 Å². The van der Waals surface area contributed by atoms with Gasteiger partial charge >= 0.3 is 0 Å². The summed E-state index contributed by atoms with van der Waals surface area (Å²) in [4.78, 5) is 13.0. The van der Waals surface area contributed by atoms with E-state index in [0.717, 1.165) is 0 Å². The highest BCUT2D eigenvalue weighted by Gasteiger charge is 2.28. The number of rotatable bonds is 2. The fourth-order valence-electron chi connectivity index (χ4n) is 1.33. The van der Waals surface area contributed by atoms with Gasteiger partial charge in [-0.25, -0.2) is 0 Å². The maximum Gasteiger partial charge on any atom is 0.271 e. The maximum absolute atomic E-state index is 11.4. The lowest BCUT2D eigenvalue weighted by Crippen LogP contribution is -2.32. The van der Waals surface area contributed by atoms with E-state index >= 15 is 0 Å². The van der Waals surface area contributed by atoms with Gasteiger partial charge in [-0.2, -0.15) is 5.26 Å². The average Bonchev–Trinajstić information content (AvgIpc) is 2.32. The Hall–Kier alpha value is -1.50. The zero-order valence-electron chi connectivity index (χ0n) is 7.87. The van der Waals surface area contributed by atoms with Crippen LogP contribution < -0.4 is 5.73 Å². The van der Waals surface area contributed by atoms with Crippen LogP contribution in [0.1, 0.15) is 13.8 Å². The second-order valence-corrected chi connectivity index (χ2v) is 3.58. The van der Waals surface area contributed by atoms with E-state index in [1.165, 1.54) is 0 Å². The van der Waals surface area contributed by atoms with Gasteiger partial charge in [-0.15, -0.1) is 0 Å². The third-order valence-corrected chi connectivity index (χ3v) is 1.91. The Morgan fingerprint density at radius 3 is 2.69 bits per heavy atom. The number of hydrogen-bond acceptors (Lipinski definition) is 3. The molecule has 0 unspecified atom stereocenters. The van der Waals surface area contributed by atoms with Gasteiger partial charge in [0, 0.05) is 6.54 Å². The third kappa shape index (κ3) is 1.81. The molecule has 1 aliphatic rings. The number of carbonyl (C=O) groups is 1. The topological polar surface area (TPSA) is 70.1 Å². The second kappa shape index (κ2) is 3.48. The summed E-state index contributed by atoms with van der Waals surface area (Å²) < 4.78 is 0. The standard InChI is InChI=1S/C9H13N3O/c1-6(2)4-12-5-7(3-10)8(11)9(12)13/h6H,4-5,11H2,1-2H3. The summed E-state index contributed by atoms with van der Waals surface area (Å²) in [6.07, 6.45) is 0. The van der Waals surface area contributed by atoms with E-state index < -0.39 is 0 Å². The van der Waals surface area contributed by atoms with Crippen LogP contribution in [0.25, 0.3) is 0 Å². The first-order valence-electron chi connectivity index (χ1n) is 4.24. The quantitative estimate of drug-likeness (QED) is 0.659. The van der Waals surface area contributed by atoms with Gasteiger partial charge in [0.2, 0.25) is 0 Å². The van der Waals surface area contributed by atoms with Gasteiger partial charge < -0.3 is 10.6 Å². The van der Waals surface area contributed by atoms with Gasteiger partial charge in [-0.05, 0) is 5.92 Å². The van der Waals surface area contributed by atoms with Crippen LogP contribution in [0.5, 0.6) is 0 Å². The molecule has 0 aromatic carbocycles. The Morgan fingerprint density at radius 1 is 1.69 bits per heavy atom. The lowest BCUT2D eigenvalue weighted by Gasteiger charge is -2.17. The smallest absolute Gasteiger partial charge is 0.271 e. The normalized spacial score (nSPS) is 17.1. The lowest BCUT2D eigenvalue weighted by molar-refractivity contribution is -0.126. The van der Waals surface area contributed by atoms with E-state index in [4.69, 9.17) is 11.0 Å². The molecule has 0 bridgehead atoms. The van der Waals surface area contributed by atoms with E-state index in [1.54, 1.807) is 4.90 Å². The largest absolute Gasteiger partial charge is 0.393 e. The molecule has 0 saturated carbocycles. The van der Waals surface area contributed by atoms with Crippen LogP contribution in [0.3, 0.4) is 0 Å². The van der Waals surface area contributed by atoms with Crippen LogP contribution in [-0.2, 0) is 4.79 Å². The Labute approximate surface area is 77.6 Å². The first-order chi connectivity index (χ1) is 6.06. The molecule has 70 valence electrons. The van der Waals surface area contributed by atoms with Crippen LogP contribution in [0.15, 0.2) is 11.3 Å². The second-order valence-electron chi connectivity index (χ2n) is 3.58. The molecule has 1 rings (SSSR count). The molecule has 1 aliphatic heterocycles. The molecule has 0 radical (unpaired) electrons. The van der Waals surface area contributed by atoms with Gasteiger partial charge in [0.15, 0.2) is 0 Å². The van der Waals surface area contributed by atoms with Crippen molar-refractivity contribution >= 4 is 5.91 Å². The highest BCUT2D eigenvalue weighted by atomic mass is 16.2. The molecule has 2 N–H and O–H groups in total. The molecule has 0 spiro atoms. The number of carbonyl (C=O) groups excluding carboxylic acids is 1. The van der Waals surface area contributed by atoms with Crippen LogP contribution >= 0.6 is 0 Å². The minimum absolute atomic E-state index is 0.114. The zero-order valence-corrected chi connectivity index (χ0v) is 7.87. The van der Waals surface area contributed by atoms with Crippen molar-refractivity contribution < 1.29 is 4.79 Å². The molecular weight excluding hydrogens is 166 g/mol. The summed E-state index contributed by atoms with van der Waals surface area (Å²) in [5.41, 5.74) is 5.97. The highest BCUT2D eigenvalue weighted by Crippen LogP contribution is 2.15. The lowest BCUT2D eigenvalue weighted by atomic mass is 10.2. The van der Waals surface area contributed by atoms with E-state index in [1.807, 2.05) is 19.9 Å². The molecule has 0 aliphatic carbocycles. The van der Waals surface area contributed by atoms with Gasteiger partial charge in [-0.3, -0.25) is 4.79 Å². The minimum Gasteiger partial charge on any atom is -0.393 e. The van der Waals surface area contributed by atoms with Crippen molar-refractivity contribution in [1.82, 2.24) is 4.90 Å². The van der Waals surface area contributed by atoms with Crippen molar-refractivity contribution in [2.24, 2.45) is 11.7 Å². The number of nitriles is 1. The molecular formula is C9H13N3O. The summed E-state index contributed by atoms with van der Waals surface area (Å²) in [6, 6.07) is 1.94. The first-order valence-corrected chi connectivity index (χ1v) is 4.24.